The lowest BCUT2D eigenvalue weighted by molar-refractivity contribution is -0.132. The van der Waals surface area contributed by atoms with Gasteiger partial charge in [0.25, 0.3) is 0 Å². The zero-order chi connectivity index (χ0) is 30.7. The van der Waals surface area contributed by atoms with E-state index in [1.165, 1.54) is 57.4 Å². The molecule has 6 heteroatoms. The van der Waals surface area contributed by atoms with Gasteiger partial charge in [-0.1, -0.05) is 69.0 Å². The van der Waals surface area contributed by atoms with Crippen LogP contribution in [0.25, 0.3) is 0 Å². The Morgan fingerprint density at radius 3 is 2.66 bits per heavy atom. The molecule has 2 heterocycles. The Kier molecular flexibility index (Phi) is 9.68. The van der Waals surface area contributed by atoms with E-state index in [4.69, 9.17) is 9.47 Å². The Morgan fingerprint density at radius 1 is 1.14 bits per heavy atom. The van der Waals surface area contributed by atoms with Gasteiger partial charge in [-0.3, -0.25) is 14.6 Å². The molecule has 6 rings (SSSR count). The number of ether oxygens (including phenoxy) is 2. The molecule has 1 saturated heterocycles. The zero-order valence-electron chi connectivity index (χ0n) is 26.9. The first kappa shape index (κ1) is 31.2. The molecule has 0 radical (unpaired) electrons. The van der Waals surface area contributed by atoms with Crippen LogP contribution < -0.4 is 9.47 Å². The molecular formula is C38H52N2O4. The van der Waals surface area contributed by atoms with Crippen LogP contribution in [-0.2, 0) is 23.1 Å². The largest absolute Gasteiger partial charge is 0.508 e. The number of carbonyl (C=O) groups is 1. The van der Waals surface area contributed by atoms with Crippen molar-refractivity contribution in [3.8, 4) is 17.2 Å². The maximum atomic E-state index is 12.1. The van der Waals surface area contributed by atoms with Crippen molar-refractivity contribution in [2.75, 3.05) is 26.2 Å². The van der Waals surface area contributed by atoms with Gasteiger partial charge in [0, 0.05) is 48.2 Å². The molecule has 1 spiro atoms. The molecule has 0 unspecified atom stereocenters. The first-order valence-electron chi connectivity index (χ1n) is 17.3. The number of unbranched alkanes of at least 4 members (excludes halogenated alkanes) is 5. The zero-order valence-corrected chi connectivity index (χ0v) is 26.9. The van der Waals surface area contributed by atoms with Crippen LogP contribution in [0.5, 0.6) is 17.2 Å². The molecule has 0 aromatic heterocycles. The normalized spacial score (nSPS) is 26.7. The Morgan fingerprint density at radius 2 is 1.91 bits per heavy atom. The summed E-state index contributed by atoms with van der Waals surface area (Å²) in [6.07, 6.45) is 15.9. The van der Waals surface area contributed by atoms with Gasteiger partial charge in [0.05, 0.1) is 0 Å². The molecule has 6 nitrogen and oxygen atoms in total. The fourth-order valence-electron chi connectivity index (χ4n) is 9.30. The number of carbonyl (C=O) groups excluding carboxylic acids is 1. The lowest BCUT2D eigenvalue weighted by Crippen LogP contribution is -2.68. The molecule has 2 bridgehead atoms. The molecule has 2 aromatic carbocycles. The van der Waals surface area contributed by atoms with Crippen molar-refractivity contribution in [2.24, 2.45) is 5.92 Å². The van der Waals surface area contributed by atoms with E-state index in [1.54, 1.807) is 6.07 Å². The number of likely N-dealkylation sites (tertiary alicyclic amines) is 1. The second-order valence-corrected chi connectivity index (χ2v) is 13.7. The monoisotopic (exact) mass is 600 g/mol. The highest BCUT2D eigenvalue weighted by Gasteiger charge is 2.66. The average Bonchev–Trinajstić information content (AvgIpc) is 3.36. The van der Waals surface area contributed by atoms with E-state index in [0.717, 1.165) is 75.2 Å². The Hall–Kier alpha value is -2.83. The highest BCUT2D eigenvalue weighted by molar-refractivity contribution is 5.73. The number of nitrogens with zero attached hydrogens (tertiary/aromatic N) is 2. The second-order valence-electron chi connectivity index (χ2n) is 13.7. The number of aryl methyl sites for hydroxylation is 1. The summed E-state index contributed by atoms with van der Waals surface area (Å²) in [5.74, 6) is 1.42. The van der Waals surface area contributed by atoms with Crippen molar-refractivity contribution in [3.63, 3.8) is 0 Å². The fourth-order valence-corrected chi connectivity index (χ4v) is 9.30. The van der Waals surface area contributed by atoms with Gasteiger partial charge < -0.3 is 14.6 Å². The minimum Gasteiger partial charge on any atom is -0.508 e. The van der Waals surface area contributed by atoms with Gasteiger partial charge in [-0.2, -0.15) is 0 Å². The predicted molar refractivity (Wildman–Crippen MR) is 176 cm³/mol. The van der Waals surface area contributed by atoms with Crippen LogP contribution in [0.15, 0.2) is 49.1 Å². The fraction of sp³-hybridized carbons (Fsp3) is 0.605. The Labute approximate surface area is 264 Å². The molecule has 2 aromatic rings. The first-order valence-corrected chi connectivity index (χ1v) is 17.3. The number of phenols is 1. The third kappa shape index (κ3) is 5.80. The van der Waals surface area contributed by atoms with Crippen LogP contribution in [-0.4, -0.2) is 65.2 Å². The summed E-state index contributed by atoms with van der Waals surface area (Å²) in [6, 6.07) is 13.1. The SMILES string of the molecule is C=CCN1CC[C@]23c4c5c(O)cc(OC(C)=O)c4O[C@H]2[C@H](N(CCCCC)CCCCCCc2ccccc2)CC[C@H]3[C@H]1C5. The van der Waals surface area contributed by atoms with Crippen molar-refractivity contribution in [1.29, 1.82) is 0 Å². The van der Waals surface area contributed by atoms with Crippen molar-refractivity contribution in [3.05, 3.63) is 65.7 Å². The van der Waals surface area contributed by atoms with Crippen molar-refractivity contribution < 1.29 is 19.4 Å². The van der Waals surface area contributed by atoms with Gasteiger partial charge >= 0.3 is 5.97 Å². The van der Waals surface area contributed by atoms with Crippen LogP contribution in [0.1, 0.15) is 94.7 Å². The molecule has 5 atom stereocenters. The van der Waals surface area contributed by atoms with Crippen molar-refractivity contribution in [1.82, 2.24) is 9.80 Å². The maximum absolute atomic E-state index is 12.1. The summed E-state index contributed by atoms with van der Waals surface area (Å²) < 4.78 is 12.8. The molecule has 4 aliphatic rings. The first-order chi connectivity index (χ1) is 21.5. The van der Waals surface area contributed by atoms with Gasteiger partial charge in [0.2, 0.25) is 0 Å². The summed E-state index contributed by atoms with van der Waals surface area (Å²) in [5, 5.41) is 11.3. The van der Waals surface area contributed by atoms with Gasteiger partial charge in [-0.15, -0.1) is 6.58 Å². The Balaban J connectivity index is 1.25. The molecule has 1 saturated carbocycles. The van der Waals surface area contributed by atoms with Gasteiger partial charge in [0.1, 0.15) is 11.9 Å². The second kappa shape index (κ2) is 13.7. The quantitative estimate of drug-likeness (QED) is 0.101. The highest BCUT2D eigenvalue weighted by atomic mass is 16.6. The van der Waals surface area contributed by atoms with E-state index in [9.17, 15) is 9.90 Å². The number of hydrogen-bond acceptors (Lipinski definition) is 6. The highest BCUT2D eigenvalue weighted by Crippen LogP contribution is 2.65. The maximum Gasteiger partial charge on any atom is 0.308 e. The van der Waals surface area contributed by atoms with Crippen LogP contribution in [0.2, 0.25) is 0 Å². The molecule has 0 amide bonds. The standard InChI is InChI=1S/C38H52N2O4/c1-4-6-13-22-40(23-14-8-7-10-15-28-16-11-9-12-17-28)31-19-18-30-32-25-29-33(42)26-34(43-27(3)41)36-35(29)38(30,37(31)44-36)20-24-39(32)21-5-2/h5,9,11-12,16-17,26,30-32,37,42H,2,4,6-8,10,13-15,18-25H2,1,3H3/t30-,31+,32+,37-,38-/m0/s1. The number of aromatic hydroxyl groups is 1. The number of phenolic OH excluding ortho intramolecular Hbond substituents is 1. The number of benzene rings is 2. The average molecular weight is 601 g/mol. The van der Waals surface area contributed by atoms with Crippen molar-refractivity contribution in [2.45, 2.75) is 114 Å². The third-order valence-electron chi connectivity index (χ3n) is 11.1. The number of esters is 1. The van der Waals surface area contributed by atoms with E-state index in [0.29, 0.717) is 23.8 Å². The summed E-state index contributed by atoms with van der Waals surface area (Å²) in [7, 11) is 0. The number of rotatable bonds is 15. The summed E-state index contributed by atoms with van der Waals surface area (Å²) in [6.45, 7) is 11.8. The van der Waals surface area contributed by atoms with E-state index in [1.807, 2.05) is 6.08 Å². The van der Waals surface area contributed by atoms with Gasteiger partial charge in [0.15, 0.2) is 11.5 Å². The molecule has 238 valence electrons. The number of hydrogen-bond donors (Lipinski definition) is 1. The molecular weight excluding hydrogens is 548 g/mol. The number of piperidine rings is 1. The van der Waals surface area contributed by atoms with Gasteiger partial charge in [-0.05, 0) is 82.5 Å². The molecule has 2 fully saturated rings. The third-order valence-corrected chi connectivity index (χ3v) is 11.1. The van der Waals surface area contributed by atoms with Crippen LogP contribution in [0.4, 0.5) is 0 Å². The van der Waals surface area contributed by atoms with Crippen LogP contribution in [0, 0.1) is 5.92 Å². The molecule has 1 N–H and O–H groups in total. The van der Waals surface area contributed by atoms with E-state index in [2.05, 4.69) is 53.6 Å². The smallest absolute Gasteiger partial charge is 0.308 e. The molecule has 2 aliphatic carbocycles. The lowest BCUT2D eigenvalue weighted by atomic mass is 9.50. The van der Waals surface area contributed by atoms with Crippen molar-refractivity contribution >= 4 is 5.97 Å². The molecule has 2 aliphatic heterocycles. The lowest BCUT2D eigenvalue weighted by Gasteiger charge is -2.60. The summed E-state index contributed by atoms with van der Waals surface area (Å²) in [4.78, 5) is 17.5. The minimum atomic E-state index is -0.382. The van der Waals surface area contributed by atoms with Crippen LogP contribution >= 0.6 is 0 Å². The Bertz CT molecular complexity index is 1310. The van der Waals surface area contributed by atoms with E-state index in [-0.39, 0.29) is 23.2 Å². The van der Waals surface area contributed by atoms with E-state index >= 15 is 0 Å². The van der Waals surface area contributed by atoms with E-state index < -0.39 is 0 Å². The predicted octanol–water partition coefficient (Wildman–Crippen LogP) is 7.21. The summed E-state index contributed by atoms with van der Waals surface area (Å²) in [5.41, 5.74) is 3.43. The summed E-state index contributed by atoms with van der Waals surface area (Å²) >= 11 is 0. The van der Waals surface area contributed by atoms with Crippen LogP contribution in [0.3, 0.4) is 0 Å². The van der Waals surface area contributed by atoms with Gasteiger partial charge in [-0.25, -0.2) is 0 Å². The minimum absolute atomic E-state index is 0.000466. The topological polar surface area (TPSA) is 62.2 Å². The molecule has 44 heavy (non-hydrogen) atoms.